The summed E-state index contributed by atoms with van der Waals surface area (Å²) in [5.74, 6) is -0.408. The summed E-state index contributed by atoms with van der Waals surface area (Å²) in [7, 11) is 0. The molecule has 1 aromatic carbocycles. The first-order valence-electron chi connectivity index (χ1n) is 7.27. The van der Waals surface area contributed by atoms with Crippen LogP contribution in [0, 0.1) is 0 Å². The number of carbonyl (C=O) groups excluding carboxylic acids is 2. The Morgan fingerprint density at radius 1 is 1.27 bits per heavy atom. The van der Waals surface area contributed by atoms with Crippen LogP contribution < -0.4 is 11.1 Å². The van der Waals surface area contributed by atoms with Gasteiger partial charge in [-0.3, -0.25) is 19.4 Å². The van der Waals surface area contributed by atoms with Crippen LogP contribution in [-0.4, -0.2) is 60.4 Å². The van der Waals surface area contributed by atoms with Crippen molar-refractivity contribution in [1.82, 2.24) is 9.80 Å². The Bertz CT molecular complexity index is 544. The summed E-state index contributed by atoms with van der Waals surface area (Å²) >= 11 is 6.02. The zero-order valence-corrected chi connectivity index (χ0v) is 13.3. The van der Waals surface area contributed by atoms with Crippen molar-refractivity contribution in [2.24, 2.45) is 5.73 Å². The van der Waals surface area contributed by atoms with E-state index in [2.05, 4.69) is 10.2 Å². The van der Waals surface area contributed by atoms with E-state index >= 15 is 0 Å². The van der Waals surface area contributed by atoms with E-state index in [-0.39, 0.29) is 17.9 Å². The van der Waals surface area contributed by atoms with Crippen LogP contribution >= 0.6 is 11.6 Å². The fourth-order valence-corrected chi connectivity index (χ4v) is 2.63. The molecule has 0 bridgehead atoms. The number of anilines is 1. The van der Waals surface area contributed by atoms with Crippen molar-refractivity contribution in [1.29, 1.82) is 0 Å². The number of rotatable bonds is 5. The third-order valence-electron chi connectivity index (χ3n) is 3.88. The molecule has 1 fully saturated rings. The Morgan fingerprint density at radius 3 is 2.50 bits per heavy atom. The number of amides is 2. The lowest BCUT2D eigenvalue weighted by Gasteiger charge is -2.36. The van der Waals surface area contributed by atoms with Gasteiger partial charge in [-0.15, -0.1) is 0 Å². The van der Waals surface area contributed by atoms with Gasteiger partial charge in [0.25, 0.3) is 0 Å². The first-order valence-corrected chi connectivity index (χ1v) is 7.65. The summed E-state index contributed by atoms with van der Waals surface area (Å²) in [5.41, 5.74) is 5.93. The normalized spacial score (nSPS) is 17.9. The number of piperazine rings is 1. The Morgan fingerprint density at radius 2 is 1.91 bits per heavy atom. The summed E-state index contributed by atoms with van der Waals surface area (Å²) in [6.07, 6.45) is 0. The Hall–Kier alpha value is -1.63. The summed E-state index contributed by atoms with van der Waals surface area (Å²) in [6.45, 7) is 5.03. The molecule has 0 radical (unpaired) electrons. The number of para-hydroxylation sites is 1. The molecule has 1 unspecified atom stereocenters. The van der Waals surface area contributed by atoms with Crippen molar-refractivity contribution in [3.05, 3.63) is 29.3 Å². The largest absolute Gasteiger partial charge is 0.368 e. The maximum absolute atomic E-state index is 12.1. The highest BCUT2D eigenvalue weighted by Gasteiger charge is 2.24. The Labute approximate surface area is 135 Å². The average Bonchev–Trinajstić information content (AvgIpc) is 2.49. The lowest BCUT2D eigenvalue weighted by atomic mass is 10.2. The van der Waals surface area contributed by atoms with Crippen LogP contribution in [0.25, 0.3) is 0 Å². The van der Waals surface area contributed by atoms with Crippen LogP contribution in [0.15, 0.2) is 24.3 Å². The van der Waals surface area contributed by atoms with Crippen LogP contribution in [0.5, 0.6) is 0 Å². The SMILES string of the molecule is CC(C(N)=O)N1CCN(CC(=O)Nc2ccccc2Cl)CC1. The van der Waals surface area contributed by atoms with Gasteiger partial charge < -0.3 is 11.1 Å². The standard InChI is InChI=1S/C15H21ClN4O2/c1-11(15(17)22)20-8-6-19(7-9-20)10-14(21)18-13-5-3-2-4-12(13)16/h2-5,11H,6-10H2,1H3,(H2,17,22)(H,18,21). The Balaban J connectivity index is 1.80. The van der Waals surface area contributed by atoms with Gasteiger partial charge >= 0.3 is 0 Å². The van der Waals surface area contributed by atoms with Crippen molar-refractivity contribution < 1.29 is 9.59 Å². The van der Waals surface area contributed by atoms with Gasteiger partial charge in [0.05, 0.1) is 23.3 Å². The molecule has 7 heteroatoms. The molecule has 0 aromatic heterocycles. The van der Waals surface area contributed by atoms with Crippen molar-refractivity contribution >= 4 is 29.1 Å². The first kappa shape index (κ1) is 16.7. The molecule has 0 aliphatic carbocycles. The maximum atomic E-state index is 12.1. The van der Waals surface area contributed by atoms with Gasteiger partial charge in [0.1, 0.15) is 0 Å². The van der Waals surface area contributed by atoms with Crippen molar-refractivity contribution in [2.75, 3.05) is 38.0 Å². The predicted molar refractivity (Wildman–Crippen MR) is 86.8 cm³/mol. The molecule has 120 valence electrons. The number of halogens is 1. The molecule has 22 heavy (non-hydrogen) atoms. The van der Waals surface area contributed by atoms with Gasteiger partial charge in [-0.25, -0.2) is 0 Å². The Kier molecular flexibility index (Phi) is 5.76. The summed E-state index contributed by atoms with van der Waals surface area (Å²) in [6, 6.07) is 6.88. The monoisotopic (exact) mass is 324 g/mol. The molecule has 1 atom stereocenters. The van der Waals surface area contributed by atoms with E-state index in [4.69, 9.17) is 17.3 Å². The van der Waals surface area contributed by atoms with Crippen molar-refractivity contribution in [3.63, 3.8) is 0 Å². The zero-order valence-electron chi connectivity index (χ0n) is 12.6. The third-order valence-corrected chi connectivity index (χ3v) is 4.21. The van der Waals surface area contributed by atoms with Gasteiger partial charge in [0.15, 0.2) is 0 Å². The predicted octanol–water partition coefficient (Wildman–Crippen LogP) is 0.770. The van der Waals surface area contributed by atoms with Crippen molar-refractivity contribution in [2.45, 2.75) is 13.0 Å². The summed E-state index contributed by atoms with van der Waals surface area (Å²) in [5, 5.41) is 3.33. The average molecular weight is 325 g/mol. The minimum absolute atomic E-state index is 0.0931. The number of primary amides is 1. The van der Waals surface area contributed by atoms with E-state index in [1.165, 1.54) is 0 Å². The highest BCUT2D eigenvalue weighted by atomic mass is 35.5. The number of hydrogen-bond acceptors (Lipinski definition) is 4. The number of nitrogens with one attached hydrogen (secondary N) is 1. The summed E-state index contributed by atoms with van der Waals surface area (Å²) < 4.78 is 0. The second kappa shape index (κ2) is 7.58. The fourth-order valence-electron chi connectivity index (χ4n) is 2.44. The lowest BCUT2D eigenvalue weighted by molar-refractivity contribution is -0.124. The van der Waals surface area contributed by atoms with E-state index in [9.17, 15) is 9.59 Å². The van der Waals surface area contributed by atoms with E-state index < -0.39 is 0 Å². The number of hydrogen-bond donors (Lipinski definition) is 2. The molecular formula is C15H21ClN4O2. The second-order valence-corrected chi connectivity index (χ2v) is 5.83. The minimum Gasteiger partial charge on any atom is -0.368 e. The fraction of sp³-hybridized carbons (Fsp3) is 0.467. The van der Waals surface area contributed by atoms with Gasteiger partial charge in [0.2, 0.25) is 11.8 Å². The van der Waals surface area contributed by atoms with E-state index in [0.717, 1.165) is 26.2 Å². The van der Waals surface area contributed by atoms with Crippen LogP contribution in [0.3, 0.4) is 0 Å². The molecule has 0 spiro atoms. The third kappa shape index (κ3) is 4.43. The highest BCUT2D eigenvalue weighted by molar-refractivity contribution is 6.33. The van der Waals surface area contributed by atoms with Crippen LogP contribution in [0.4, 0.5) is 5.69 Å². The smallest absolute Gasteiger partial charge is 0.238 e. The van der Waals surface area contributed by atoms with Gasteiger partial charge in [-0.1, -0.05) is 23.7 Å². The number of nitrogens with zero attached hydrogens (tertiary/aromatic N) is 2. The molecule has 0 saturated carbocycles. The molecule has 1 aromatic rings. The molecule has 1 heterocycles. The number of benzene rings is 1. The lowest BCUT2D eigenvalue weighted by Crippen LogP contribution is -2.54. The molecule has 1 saturated heterocycles. The van der Waals surface area contributed by atoms with Crippen molar-refractivity contribution in [3.8, 4) is 0 Å². The number of nitrogens with two attached hydrogens (primary N) is 1. The van der Waals surface area contributed by atoms with Gasteiger partial charge in [-0.05, 0) is 19.1 Å². The maximum Gasteiger partial charge on any atom is 0.238 e. The van der Waals surface area contributed by atoms with Gasteiger partial charge in [0, 0.05) is 26.2 Å². The number of carbonyl (C=O) groups is 2. The molecule has 1 aliphatic rings. The first-order chi connectivity index (χ1) is 10.5. The molecule has 6 nitrogen and oxygen atoms in total. The summed E-state index contributed by atoms with van der Waals surface area (Å²) in [4.78, 5) is 27.3. The minimum atomic E-state index is -0.315. The second-order valence-electron chi connectivity index (χ2n) is 5.42. The van der Waals surface area contributed by atoms with Crippen LogP contribution in [0.2, 0.25) is 5.02 Å². The van der Waals surface area contributed by atoms with Crippen LogP contribution in [-0.2, 0) is 9.59 Å². The zero-order chi connectivity index (χ0) is 16.1. The molecule has 2 amide bonds. The van der Waals surface area contributed by atoms with Crippen LogP contribution in [0.1, 0.15) is 6.92 Å². The highest BCUT2D eigenvalue weighted by Crippen LogP contribution is 2.20. The molecule has 3 N–H and O–H groups in total. The van der Waals surface area contributed by atoms with E-state index in [1.807, 2.05) is 24.0 Å². The van der Waals surface area contributed by atoms with Gasteiger partial charge in [-0.2, -0.15) is 0 Å². The molecular weight excluding hydrogens is 304 g/mol. The molecule has 1 aliphatic heterocycles. The van der Waals surface area contributed by atoms with E-state index in [0.29, 0.717) is 17.3 Å². The van der Waals surface area contributed by atoms with E-state index in [1.54, 1.807) is 12.1 Å². The topological polar surface area (TPSA) is 78.7 Å². The quantitative estimate of drug-likeness (QED) is 0.838. The molecule has 2 rings (SSSR count).